The van der Waals surface area contributed by atoms with Crippen molar-refractivity contribution in [3.05, 3.63) is 42.0 Å². The zero-order valence-corrected chi connectivity index (χ0v) is 7.46. The maximum atomic E-state index is 2.16. The van der Waals surface area contributed by atoms with Crippen LogP contribution in [0.1, 0.15) is 5.56 Å². The predicted octanol–water partition coefficient (Wildman–Crippen LogP) is 1.41. The molecule has 2 aromatic carbocycles. The lowest BCUT2D eigenvalue weighted by atomic mass is 9.88. The van der Waals surface area contributed by atoms with E-state index in [0.717, 1.165) is 0 Å². The average Bonchev–Trinajstić information content (AvgIpc) is 2.04. The van der Waals surface area contributed by atoms with E-state index in [1.807, 2.05) is 0 Å². The molecule has 0 atom stereocenters. The molecule has 0 N–H and O–H groups in total. The third-order valence-electron chi connectivity index (χ3n) is 2.32. The van der Waals surface area contributed by atoms with Crippen LogP contribution in [0.4, 0.5) is 0 Å². The smallest absolute Gasteiger partial charge is 0.0810 e. The minimum atomic E-state index is 1.34. The normalized spacial score (nSPS) is 10.4. The summed E-state index contributed by atoms with van der Waals surface area (Å²) in [5, 5.41) is 2.75. The van der Waals surface area contributed by atoms with Gasteiger partial charge in [0.1, 0.15) is 7.85 Å². The van der Waals surface area contributed by atoms with Gasteiger partial charge in [-0.25, -0.2) is 0 Å². The lowest BCUT2D eigenvalue weighted by molar-refractivity contribution is 1.54. The zero-order chi connectivity index (χ0) is 8.55. The summed E-state index contributed by atoms with van der Waals surface area (Å²) in [7, 11) is 2.16. The van der Waals surface area contributed by atoms with Crippen LogP contribution in [-0.2, 0) is 0 Å². The van der Waals surface area contributed by atoms with Gasteiger partial charge in [-0.3, -0.25) is 0 Å². The summed E-state index contributed by atoms with van der Waals surface area (Å²) in [6.45, 7) is 2.16. The van der Waals surface area contributed by atoms with Crippen LogP contribution in [0.15, 0.2) is 36.4 Å². The summed E-state index contributed by atoms with van der Waals surface area (Å²) in [5.74, 6) is 0. The highest BCUT2D eigenvalue weighted by Crippen LogP contribution is 2.14. The van der Waals surface area contributed by atoms with E-state index in [-0.39, 0.29) is 0 Å². The van der Waals surface area contributed by atoms with Crippen molar-refractivity contribution < 1.29 is 0 Å². The van der Waals surface area contributed by atoms with Crippen LogP contribution in [0, 0.1) is 6.92 Å². The van der Waals surface area contributed by atoms with Gasteiger partial charge >= 0.3 is 0 Å². The Balaban J connectivity index is 2.96. The maximum Gasteiger partial charge on any atom is 0.140 e. The van der Waals surface area contributed by atoms with E-state index in [0.29, 0.717) is 0 Å². The topological polar surface area (TPSA) is 0 Å². The Morgan fingerprint density at radius 3 is 2.33 bits per heavy atom. The van der Waals surface area contributed by atoms with Crippen LogP contribution in [0.25, 0.3) is 10.8 Å². The molecule has 0 amide bonds. The van der Waals surface area contributed by atoms with Crippen molar-refractivity contribution in [1.29, 1.82) is 0 Å². The monoisotopic (exact) mass is 154 g/mol. The largest absolute Gasteiger partial charge is 0.140 e. The molecule has 0 aromatic heterocycles. The Kier molecular flexibility index (Phi) is 1.65. The van der Waals surface area contributed by atoms with Crippen LogP contribution < -0.4 is 5.46 Å². The Morgan fingerprint density at radius 1 is 1.00 bits per heavy atom. The molecule has 0 saturated carbocycles. The fourth-order valence-electron chi connectivity index (χ4n) is 1.75. The highest BCUT2D eigenvalue weighted by molar-refractivity contribution is 6.39. The second-order valence-corrected chi connectivity index (χ2v) is 3.25. The van der Waals surface area contributed by atoms with Crippen molar-refractivity contribution in [2.24, 2.45) is 0 Å². The van der Waals surface area contributed by atoms with Gasteiger partial charge in [-0.15, -0.1) is 0 Å². The molecule has 0 heterocycles. The third-order valence-corrected chi connectivity index (χ3v) is 2.32. The fraction of sp³-hybridized carbons (Fsp3) is 0.0909. The average molecular weight is 154 g/mol. The molecule has 58 valence electrons. The van der Waals surface area contributed by atoms with Gasteiger partial charge < -0.3 is 0 Å². The number of benzene rings is 2. The second-order valence-electron chi connectivity index (χ2n) is 3.25. The van der Waals surface area contributed by atoms with Gasteiger partial charge in [-0.1, -0.05) is 41.9 Å². The number of rotatable bonds is 0. The Labute approximate surface area is 73.6 Å². The van der Waals surface area contributed by atoms with Gasteiger partial charge in [0, 0.05) is 0 Å². The molecule has 0 spiro atoms. The van der Waals surface area contributed by atoms with Crippen LogP contribution >= 0.6 is 0 Å². The fourth-order valence-corrected chi connectivity index (χ4v) is 1.75. The lowest BCUT2D eigenvalue weighted by Gasteiger charge is -2.04. The molecule has 0 unspecified atom stereocenters. The zero-order valence-electron chi connectivity index (χ0n) is 7.46. The van der Waals surface area contributed by atoms with Gasteiger partial charge in [0.15, 0.2) is 0 Å². The first kappa shape index (κ1) is 7.42. The van der Waals surface area contributed by atoms with E-state index in [9.17, 15) is 0 Å². The summed E-state index contributed by atoms with van der Waals surface area (Å²) < 4.78 is 0. The molecule has 2 rings (SSSR count). The molecule has 0 aliphatic heterocycles. The van der Waals surface area contributed by atoms with Crippen molar-refractivity contribution in [3.8, 4) is 0 Å². The molecule has 2 aromatic rings. The Morgan fingerprint density at radius 2 is 1.67 bits per heavy atom. The summed E-state index contributed by atoms with van der Waals surface area (Å²) >= 11 is 0. The predicted molar refractivity (Wildman–Crippen MR) is 56.9 cm³/mol. The SMILES string of the molecule is Bc1cccc2cccc(C)c12. The maximum absolute atomic E-state index is 2.16. The summed E-state index contributed by atoms with van der Waals surface area (Å²) in [4.78, 5) is 0. The number of aryl methyl sites for hydroxylation is 1. The van der Waals surface area contributed by atoms with Crippen LogP contribution in [-0.4, -0.2) is 7.85 Å². The van der Waals surface area contributed by atoms with E-state index < -0.39 is 0 Å². The summed E-state index contributed by atoms with van der Waals surface area (Å²) in [6, 6.07) is 12.9. The van der Waals surface area contributed by atoms with Gasteiger partial charge in [-0.05, 0) is 23.3 Å². The number of hydrogen-bond donors (Lipinski definition) is 0. The van der Waals surface area contributed by atoms with Gasteiger partial charge in [-0.2, -0.15) is 0 Å². The highest BCUT2D eigenvalue weighted by Gasteiger charge is 1.97. The van der Waals surface area contributed by atoms with Crippen molar-refractivity contribution in [3.63, 3.8) is 0 Å². The van der Waals surface area contributed by atoms with Crippen LogP contribution in [0.5, 0.6) is 0 Å². The first-order chi connectivity index (χ1) is 5.79. The van der Waals surface area contributed by atoms with Gasteiger partial charge in [0.2, 0.25) is 0 Å². The second kappa shape index (κ2) is 2.67. The molecule has 0 saturated heterocycles. The van der Waals surface area contributed by atoms with E-state index >= 15 is 0 Å². The molecule has 0 aliphatic carbocycles. The molecule has 0 radical (unpaired) electrons. The molecule has 0 fully saturated rings. The standard InChI is InChI=1S/C11H11B/c1-8-4-2-5-9-6-3-7-10(12)11(8)9/h2-7H,12H2,1H3. The molecular formula is C11H11B. The van der Waals surface area contributed by atoms with Gasteiger partial charge in [0.25, 0.3) is 0 Å². The first-order valence-electron chi connectivity index (χ1n) is 4.24. The van der Waals surface area contributed by atoms with E-state index in [1.54, 1.807) is 0 Å². The summed E-state index contributed by atoms with van der Waals surface area (Å²) in [5.41, 5.74) is 2.73. The number of hydrogen-bond acceptors (Lipinski definition) is 0. The minimum absolute atomic E-state index is 1.34. The molecule has 0 nitrogen and oxygen atoms in total. The van der Waals surface area contributed by atoms with E-state index in [4.69, 9.17) is 0 Å². The van der Waals surface area contributed by atoms with E-state index in [1.165, 1.54) is 21.8 Å². The molecular weight excluding hydrogens is 143 g/mol. The van der Waals surface area contributed by atoms with E-state index in [2.05, 4.69) is 51.2 Å². The molecule has 0 bridgehead atoms. The molecule has 1 heteroatoms. The molecule has 0 aliphatic rings. The Bertz CT molecular complexity index is 382. The van der Waals surface area contributed by atoms with Crippen LogP contribution in [0.3, 0.4) is 0 Å². The van der Waals surface area contributed by atoms with Gasteiger partial charge in [0.05, 0.1) is 0 Å². The van der Waals surface area contributed by atoms with Crippen LogP contribution in [0.2, 0.25) is 0 Å². The Hall–Kier alpha value is -1.24. The van der Waals surface area contributed by atoms with Crippen molar-refractivity contribution in [2.75, 3.05) is 0 Å². The quantitative estimate of drug-likeness (QED) is 0.503. The van der Waals surface area contributed by atoms with Crippen molar-refractivity contribution in [1.82, 2.24) is 0 Å². The summed E-state index contributed by atoms with van der Waals surface area (Å²) in [6.07, 6.45) is 0. The minimum Gasteiger partial charge on any atom is -0.0810 e. The highest BCUT2D eigenvalue weighted by atomic mass is 14.0. The van der Waals surface area contributed by atoms with Crippen molar-refractivity contribution >= 4 is 24.1 Å². The first-order valence-corrected chi connectivity index (χ1v) is 4.24. The molecule has 12 heavy (non-hydrogen) atoms. The third kappa shape index (κ3) is 1.02. The lowest BCUT2D eigenvalue weighted by Crippen LogP contribution is -2.03. The van der Waals surface area contributed by atoms with Crippen molar-refractivity contribution in [2.45, 2.75) is 6.92 Å². The number of fused-ring (bicyclic) bond motifs is 1.